The van der Waals surface area contributed by atoms with Gasteiger partial charge in [0.25, 0.3) is 0 Å². The largest absolute Gasteiger partial charge is 0.382 e. The van der Waals surface area contributed by atoms with Gasteiger partial charge >= 0.3 is 0 Å². The third-order valence-electron chi connectivity index (χ3n) is 2.88. The highest BCUT2D eigenvalue weighted by atomic mass is 35.5. The molecule has 2 nitrogen and oxygen atoms in total. The number of benzene rings is 1. The summed E-state index contributed by atoms with van der Waals surface area (Å²) >= 11 is 6.06. The standard InChI is InChI=1S/C12H16ClNOS/c1-16(15)8-9-7-11(5-6-12(9)13)14-10-3-2-4-10/h5-7,10,14H,2-4,8H2,1H3. The SMILES string of the molecule is CS(=O)Cc1cc(NC2CCC2)ccc1Cl. The van der Waals surface area contributed by atoms with E-state index in [1.54, 1.807) is 6.26 Å². The molecule has 0 spiro atoms. The van der Waals surface area contributed by atoms with Gasteiger partial charge in [-0.3, -0.25) is 4.21 Å². The van der Waals surface area contributed by atoms with Gasteiger partial charge in [-0.2, -0.15) is 0 Å². The molecule has 1 aromatic rings. The van der Waals surface area contributed by atoms with Crippen molar-refractivity contribution < 1.29 is 4.21 Å². The van der Waals surface area contributed by atoms with Crippen molar-refractivity contribution in [3.05, 3.63) is 28.8 Å². The van der Waals surface area contributed by atoms with E-state index in [0.29, 0.717) is 16.8 Å². The van der Waals surface area contributed by atoms with Crippen LogP contribution in [0.2, 0.25) is 5.02 Å². The average Bonchev–Trinajstić information content (AvgIpc) is 2.15. The lowest BCUT2D eigenvalue weighted by atomic mass is 9.93. The van der Waals surface area contributed by atoms with Crippen molar-refractivity contribution in [2.24, 2.45) is 0 Å². The van der Waals surface area contributed by atoms with Crippen LogP contribution in [0.25, 0.3) is 0 Å². The molecule has 0 aromatic heterocycles. The molecule has 1 aliphatic rings. The van der Waals surface area contributed by atoms with Gasteiger partial charge < -0.3 is 5.32 Å². The lowest BCUT2D eigenvalue weighted by Crippen LogP contribution is -2.26. The van der Waals surface area contributed by atoms with Gasteiger partial charge in [-0.25, -0.2) is 0 Å². The van der Waals surface area contributed by atoms with E-state index in [1.807, 2.05) is 18.2 Å². The van der Waals surface area contributed by atoms with E-state index in [4.69, 9.17) is 11.6 Å². The van der Waals surface area contributed by atoms with Gasteiger partial charge in [0, 0.05) is 39.6 Å². The molecule has 1 aliphatic carbocycles. The van der Waals surface area contributed by atoms with Crippen LogP contribution >= 0.6 is 11.6 Å². The van der Waals surface area contributed by atoms with Gasteiger partial charge in [0.15, 0.2) is 0 Å². The quantitative estimate of drug-likeness (QED) is 0.898. The van der Waals surface area contributed by atoms with Crippen LogP contribution in [0.4, 0.5) is 5.69 Å². The number of halogens is 1. The predicted octanol–water partition coefficient (Wildman–Crippen LogP) is 3.18. The lowest BCUT2D eigenvalue weighted by molar-refractivity contribution is 0.445. The maximum absolute atomic E-state index is 11.2. The second-order valence-electron chi connectivity index (χ2n) is 4.30. The lowest BCUT2D eigenvalue weighted by Gasteiger charge is -2.27. The van der Waals surface area contributed by atoms with Crippen molar-refractivity contribution in [3.63, 3.8) is 0 Å². The zero-order valence-electron chi connectivity index (χ0n) is 9.33. The fourth-order valence-corrected chi connectivity index (χ4v) is 2.72. The number of rotatable bonds is 4. The fourth-order valence-electron chi connectivity index (χ4n) is 1.78. The van der Waals surface area contributed by atoms with Gasteiger partial charge in [0.1, 0.15) is 0 Å². The number of hydrogen-bond acceptors (Lipinski definition) is 2. The summed E-state index contributed by atoms with van der Waals surface area (Å²) < 4.78 is 11.2. The zero-order valence-corrected chi connectivity index (χ0v) is 10.9. The molecule has 0 amide bonds. The minimum atomic E-state index is -0.848. The molecule has 0 aliphatic heterocycles. The van der Waals surface area contributed by atoms with Gasteiger partial charge in [0.05, 0.1) is 0 Å². The second-order valence-corrected chi connectivity index (χ2v) is 6.14. The van der Waals surface area contributed by atoms with Crippen LogP contribution in [0.1, 0.15) is 24.8 Å². The number of hydrogen-bond donors (Lipinski definition) is 1. The van der Waals surface area contributed by atoms with Crippen LogP contribution in [0, 0.1) is 0 Å². The normalized spacial score (nSPS) is 17.9. The molecular formula is C12H16ClNOS. The van der Waals surface area contributed by atoms with E-state index in [-0.39, 0.29) is 0 Å². The predicted molar refractivity (Wildman–Crippen MR) is 70.5 cm³/mol. The Hall–Kier alpha value is -0.540. The van der Waals surface area contributed by atoms with Crippen LogP contribution in [-0.2, 0) is 16.6 Å². The molecule has 16 heavy (non-hydrogen) atoms. The minimum Gasteiger partial charge on any atom is -0.382 e. The summed E-state index contributed by atoms with van der Waals surface area (Å²) in [6, 6.07) is 6.50. The van der Waals surface area contributed by atoms with Crippen molar-refractivity contribution in [1.29, 1.82) is 0 Å². The Morgan fingerprint density at radius 3 is 2.81 bits per heavy atom. The minimum absolute atomic E-state index is 0.527. The molecule has 1 fully saturated rings. The summed E-state index contributed by atoms with van der Waals surface area (Å²) in [6.45, 7) is 0. The number of anilines is 1. The molecule has 4 heteroatoms. The van der Waals surface area contributed by atoms with E-state index in [0.717, 1.165) is 11.3 Å². The molecule has 88 valence electrons. The van der Waals surface area contributed by atoms with Crippen LogP contribution in [-0.4, -0.2) is 16.5 Å². The van der Waals surface area contributed by atoms with Crippen molar-refractivity contribution in [1.82, 2.24) is 0 Å². The topological polar surface area (TPSA) is 29.1 Å². The molecule has 1 saturated carbocycles. The first-order valence-corrected chi connectivity index (χ1v) is 7.60. The number of nitrogens with one attached hydrogen (secondary N) is 1. The summed E-state index contributed by atoms with van der Waals surface area (Å²) in [5.41, 5.74) is 2.06. The molecule has 0 bridgehead atoms. The van der Waals surface area contributed by atoms with Crippen molar-refractivity contribution in [2.45, 2.75) is 31.1 Å². The Bertz CT molecular complexity index is 404. The first-order valence-electron chi connectivity index (χ1n) is 5.50. The summed E-state index contributed by atoms with van der Waals surface area (Å²) in [7, 11) is -0.848. The van der Waals surface area contributed by atoms with Gasteiger partial charge in [-0.1, -0.05) is 11.6 Å². The third kappa shape index (κ3) is 2.98. The Morgan fingerprint density at radius 2 is 2.25 bits per heavy atom. The van der Waals surface area contributed by atoms with E-state index in [9.17, 15) is 4.21 Å². The average molecular weight is 258 g/mol. The summed E-state index contributed by atoms with van der Waals surface area (Å²) in [5.74, 6) is 0.527. The maximum Gasteiger partial charge on any atom is 0.0498 e. The first-order chi connectivity index (χ1) is 7.65. The summed E-state index contributed by atoms with van der Waals surface area (Å²) in [5, 5.41) is 4.16. The monoisotopic (exact) mass is 257 g/mol. The summed E-state index contributed by atoms with van der Waals surface area (Å²) in [6.07, 6.45) is 5.51. The van der Waals surface area contributed by atoms with E-state index in [1.165, 1.54) is 19.3 Å². The van der Waals surface area contributed by atoms with E-state index in [2.05, 4.69) is 5.32 Å². The second kappa shape index (κ2) is 5.19. The van der Waals surface area contributed by atoms with Crippen LogP contribution in [0.3, 0.4) is 0 Å². The van der Waals surface area contributed by atoms with E-state index >= 15 is 0 Å². The highest BCUT2D eigenvalue weighted by Crippen LogP contribution is 2.26. The molecule has 2 rings (SSSR count). The zero-order chi connectivity index (χ0) is 11.5. The van der Waals surface area contributed by atoms with Crippen LogP contribution < -0.4 is 5.32 Å². The van der Waals surface area contributed by atoms with Gasteiger partial charge in [0.2, 0.25) is 0 Å². The molecule has 0 heterocycles. The molecular weight excluding hydrogens is 242 g/mol. The molecule has 1 aromatic carbocycles. The molecule has 0 radical (unpaired) electrons. The molecule has 1 N–H and O–H groups in total. The Labute approximate surface area is 104 Å². The molecule has 0 saturated heterocycles. The van der Waals surface area contributed by atoms with Crippen LogP contribution in [0.5, 0.6) is 0 Å². The molecule has 1 atom stereocenters. The Kier molecular flexibility index (Phi) is 3.87. The van der Waals surface area contributed by atoms with Crippen molar-refractivity contribution in [3.8, 4) is 0 Å². The highest BCUT2D eigenvalue weighted by molar-refractivity contribution is 7.83. The first kappa shape index (κ1) is 11.9. The van der Waals surface area contributed by atoms with Crippen molar-refractivity contribution >= 4 is 28.1 Å². The third-order valence-corrected chi connectivity index (χ3v) is 3.97. The highest BCUT2D eigenvalue weighted by Gasteiger charge is 2.17. The van der Waals surface area contributed by atoms with Gasteiger partial charge in [-0.05, 0) is 43.0 Å². The maximum atomic E-state index is 11.2. The van der Waals surface area contributed by atoms with Crippen LogP contribution in [0.15, 0.2) is 18.2 Å². The summed E-state index contributed by atoms with van der Waals surface area (Å²) in [4.78, 5) is 0. The van der Waals surface area contributed by atoms with E-state index < -0.39 is 10.8 Å². The van der Waals surface area contributed by atoms with Gasteiger partial charge in [-0.15, -0.1) is 0 Å². The fraction of sp³-hybridized carbons (Fsp3) is 0.500. The van der Waals surface area contributed by atoms with Crippen molar-refractivity contribution in [2.75, 3.05) is 11.6 Å². The Balaban J connectivity index is 2.10. The smallest absolute Gasteiger partial charge is 0.0498 e. The molecule has 1 unspecified atom stereocenters. The Morgan fingerprint density at radius 1 is 1.50 bits per heavy atom.